The molecule has 0 bridgehead atoms. The van der Waals surface area contributed by atoms with E-state index in [9.17, 15) is 4.79 Å². The number of ether oxygens (including phenoxy) is 1. The molecule has 0 amide bonds. The highest BCUT2D eigenvalue weighted by molar-refractivity contribution is 5.98. The molecule has 0 spiro atoms. The molecule has 0 saturated carbocycles. The highest BCUT2D eigenvalue weighted by atomic mass is 16.5. The topological polar surface area (TPSA) is 32.8 Å². The van der Waals surface area contributed by atoms with Crippen LogP contribution < -0.4 is 4.74 Å². The van der Waals surface area contributed by atoms with E-state index in [0.717, 1.165) is 44.0 Å². The van der Waals surface area contributed by atoms with Crippen molar-refractivity contribution in [2.75, 3.05) is 39.8 Å². The van der Waals surface area contributed by atoms with Crippen molar-refractivity contribution in [1.29, 1.82) is 0 Å². The molecule has 0 unspecified atom stereocenters. The molecule has 3 aliphatic rings. The third-order valence-corrected chi connectivity index (χ3v) is 5.85. The maximum atomic E-state index is 12.6. The van der Waals surface area contributed by atoms with E-state index >= 15 is 0 Å². The first-order valence-electron chi connectivity index (χ1n) is 8.89. The first-order valence-corrected chi connectivity index (χ1v) is 8.89. The summed E-state index contributed by atoms with van der Waals surface area (Å²) in [5, 5.41) is 0. The quantitative estimate of drug-likeness (QED) is 0.834. The van der Waals surface area contributed by atoms with Crippen molar-refractivity contribution in [3.05, 3.63) is 41.0 Å². The van der Waals surface area contributed by atoms with E-state index in [-0.39, 0.29) is 17.3 Å². The number of piperazine rings is 1. The number of Topliss-reactive ketones (excluding diaryl/α,β-unsaturated/α-hetero) is 1. The Morgan fingerprint density at radius 2 is 2.00 bits per heavy atom. The van der Waals surface area contributed by atoms with Gasteiger partial charge in [-0.3, -0.25) is 9.69 Å². The highest BCUT2D eigenvalue weighted by Gasteiger charge is 2.48. The summed E-state index contributed by atoms with van der Waals surface area (Å²) in [5.74, 6) is 1.19. The van der Waals surface area contributed by atoms with E-state index in [0.29, 0.717) is 6.42 Å². The minimum Gasteiger partial charge on any atom is -0.488 e. The molecule has 1 saturated heterocycles. The Labute approximate surface area is 144 Å². The number of aryl methyl sites for hydroxylation is 1. The number of carbonyl (C=O) groups excluding carboxylic acids is 1. The Morgan fingerprint density at radius 3 is 2.75 bits per heavy atom. The fourth-order valence-electron chi connectivity index (χ4n) is 4.16. The van der Waals surface area contributed by atoms with E-state index < -0.39 is 0 Å². The van der Waals surface area contributed by atoms with E-state index in [4.69, 9.17) is 4.74 Å². The lowest BCUT2D eigenvalue weighted by molar-refractivity contribution is -0.118. The monoisotopic (exact) mass is 326 g/mol. The number of carbonyl (C=O) groups is 1. The van der Waals surface area contributed by atoms with Crippen LogP contribution in [-0.2, 0) is 10.2 Å². The van der Waals surface area contributed by atoms with Crippen LogP contribution in [0.1, 0.15) is 24.5 Å². The van der Waals surface area contributed by atoms with Gasteiger partial charge in [0.1, 0.15) is 11.9 Å². The summed E-state index contributed by atoms with van der Waals surface area (Å²) in [6, 6.07) is 6.35. The van der Waals surface area contributed by atoms with Gasteiger partial charge in [0.2, 0.25) is 0 Å². The summed E-state index contributed by atoms with van der Waals surface area (Å²) in [6.07, 6.45) is 2.63. The minimum absolute atomic E-state index is 0.0574. The summed E-state index contributed by atoms with van der Waals surface area (Å²) in [4.78, 5) is 17.4. The molecule has 2 heterocycles. The molecule has 4 heteroatoms. The van der Waals surface area contributed by atoms with Gasteiger partial charge < -0.3 is 9.64 Å². The Bertz CT molecular complexity index is 704. The molecule has 1 aromatic carbocycles. The standard InChI is InChI=1S/C20H26N2O2/c1-14-4-5-18-16(10-14)20(2)12-15(17(23)11-19(20)24-18)13-22-8-6-21(3)7-9-22/h4-5,10,12,19H,6-9,11,13H2,1-3H3/t19-,20-/m0/s1. The molecule has 0 aromatic heterocycles. The lowest BCUT2D eigenvalue weighted by Crippen LogP contribution is -2.47. The predicted octanol–water partition coefficient (Wildman–Crippen LogP) is 2.16. The molecular formula is C20H26N2O2. The molecule has 0 radical (unpaired) electrons. The van der Waals surface area contributed by atoms with E-state index in [1.54, 1.807) is 0 Å². The second-order valence-corrected chi connectivity index (χ2v) is 7.77. The number of ketones is 1. The first kappa shape index (κ1) is 15.9. The Kier molecular flexibility index (Phi) is 3.77. The molecule has 128 valence electrons. The lowest BCUT2D eigenvalue weighted by atomic mass is 9.71. The molecular weight excluding hydrogens is 300 g/mol. The zero-order chi connectivity index (χ0) is 16.9. The lowest BCUT2D eigenvalue weighted by Gasteiger charge is -2.36. The average molecular weight is 326 g/mol. The number of rotatable bonds is 2. The smallest absolute Gasteiger partial charge is 0.163 e. The van der Waals surface area contributed by atoms with Crippen molar-refractivity contribution in [2.24, 2.45) is 0 Å². The van der Waals surface area contributed by atoms with Gasteiger partial charge in [0.15, 0.2) is 5.78 Å². The SMILES string of the molecule is Cc1ccc2c(c1)[C@]1(C)C=C(CN3CCN(C)CC3)C(=O)C[C@@H]1O2. The fourth-order valence-corrected chi connectivity index (χ4v) is 4.16. The summed E-state index contributed by atoms with van der Waals surface area (Å²) < 4.78 is 6.11. The number of benzene rings is 1. The third kappa shape index (κ3) is 2.58. The largest absolute Gasteiger partial charge is 0.488 e. The molecule has 1 aromatic rings. The van der Waals surface area contributed by atoms with Gasteiger partial charge in [-0.15, -0.1) is 0 Å². The van der Waals surface area contributed by atoms with Gasteiger partial charge in [0, 0.05) is 50.3 Å². The van der Waals surface area contributed by atoms with Gasteiger partial charge in [-0.2, -0.15) is 0 Å². The van der Waals surface area contributed by atoms with E-state index in [1.807, 2.05) is 6.07 Å². The number of nitrogens with zero attached hydrogens (tertiary/aromatic N) is 2. The Balaban J connectivity index is 1.63. The maximum absolute atomic E-state index is 12.6. The van der Waals surface area contributed by atoms with Crippen LogP contribution in [0, 0.1) is 6.92 Å². The predicted molar refractivity (Wildman–Crippen MR) is 94.6 cm³/mol. The molecule has 1 fully saturated rings. The average Bonchev–Trinajstić information content (AvgIpc) is 2.82. The van der Waals surface area contributed by atoms with Gasteiger partial charge in [0.25, 0.3) is 0 Å². The van der Waals surface area contributed by atoms with Crippen LogP contribution in [0.4, 0.5) is 0 Å². The fraction of sp³-hybridized carbons (Fsp3) is 0.550. The minimum atomic E-state index is -0.183. The molecule has 1 aliphatic carbocycles. The molecule has 24 heavy (non-hydrogen) atoms. The van der Waals surface area contributed by atoms with Crippen molar-refractivity contribution in [3.8, 4) is 5.75 Å². The second kappa shape index (κ2) is 5.71. The van der Waals surface area contributed by atoms with Crippen molar-refractivity contribution in [3.63, 3.8) is 0 Å². The van der Waals surface area contributed by atoms with Crippen LogP contribution in [0.3, 0.4) is 0 Å². The van der Waals surface area contributed by atoms with Gasteiger partial charge >= 0.3 is 0 Å². The number of hydrogen-bond acceptors (Lipinski definition) is 4. The van der Waals surface area contributed by atoms with Crippen molar-refractivity contribution in [1.82, 2.24) is 9.80 Å². The molecule has 2 atom stereocenters. The molecule has 4 nitrogen and oxygen atoms in total. The van der Waals surface area contributed by atoms with Crippen LogP contribution in [0.2, 0.25) is 0 Å². The van der Waals surface area contributed by atoms with Crippen LogP contribution >= 0.6 is 0 Å². The van der Waals surface area contributed by atoms with Gasteiger partial charge in [-0.05, 0) is 27.0 Å². The normalized spacial score (nSPS) is 30.5. The van der Waals surface area contributed by atoms with Crippen molar-refractivity contribution in [2.45, 2.75) is 31.8 Å². The Hall–Kier alpha value is -1.65. The van der Waals surface area contributed by atoms with Gasteiger partial charge in [-0.25, -0.2) is 0 Å². The van der Waals surface area contributed by atoms with Crippen LogP contribution in [0.5, 0.6) is 5.75 Å². The first-order chi connectivity index (χ1) is 11.5. The summed E-state index contributed by atoms with van der Waals surface area (Å²) >= 11 is 0. The zero-order valence-corrected chi connectivity index (χ0v) is 14.8. The van der Waals surface area contributed by atoms with Crippen LogP contribution in [0.15, 0.2) is 29.8 Å². The number of fused-ring (bicyclic) bond motifs is 3. The van der Waals surface area contributed by atoms with Crippen molar-refractivity contribution >= 4 is 5.78 Å². The number of likely N-dealkylation sites (N-methyl/N-ethyl adjacent to an activating group) is 1. The van der Waals surface area contributed by atoms with Gasteiger partial charge in [-0.1, -0.05) is 23.8 Å². The number of hydrogen-bond donors (Lipinski definition) is 0. The zero-order valence-electron chi connectivity index (χ0n) is 14.8. The van der Waals surface area contributed by atoms with Crippen molar-refractivity contribution < 1.29 is 9.53 Å². The van der Waals surface area contributed by atoms with E-state index in [1.165, 1.54) is 11.1 Å². The maximum Gasteiger partial charge on any atom is 0.163 e. The molecule has 0 N–H and O–H groups in total. The van der Waals surface area contributed by atoms with Crippen LogP contribution in [0.25, 0.3) is 0 Å². The van der Waals surface area contributed by atoms with Crippen LogP contribution in [-0.4, -0.2) is 61.5 Å². The highest BCUT2D eigenvalue weighted by Crippen LogP contribution is 2.48. The summed E-state index contributed by atoms with van der Waals surface area (Å²) in [6.45, 7) is 9.33. The molecule has 4 rings (SSSR count). The molecule has 2 aliphatic heterocycles. The summed E-state index contributed by atoms with van der Waals surface area (Å²) in [5.41, 5.74) is 3.26. The summed E-state index contributed by atoms with van der Waals surface area (Å²) in [7, 11) is 2.16. The second-order valence-electron chi connectivity index (χ2n) is 7.77. The Morgan fingerprint density at radius 1 is 1.25 bits per heavy atom. The van der Waals surface area contributed by atoms with E-state index in [2.05, 4.69) is 48.9 Å². The third-order valence-electron chi connectivity index (χ3n) is 5.85. The van der Waals surface area contributed by atoms with Gasteiger partial charge in [0.05, 0.1) is 5.41 Å².